The second kappa shape index (κ2) is 4.16. The molecular weight excluding hydrogens is 270 g/mol. The van der Waals surface area contributed by atoms with Crippen molar-refractivity contribution in [2.45, 2.75) is 24.3 Å². The number of hydrogen-bond donors (Lipinski definition) is 0. The molecule has 2 unspecified atom stereocenters. The van der Waals surface area contributed by atoms with E-state index in [9.17, 15) is 18.0 Å². The van der Waals surface area contributed by atoms with Gasteiger partial charge in [0.15, 0.2) is 9.84 Å². The maximum Gasteiger partial charge on any atom is 0.267 e. The third-order valence-electron chi connectivity index (χ3n) is 3.70. The van der Waals surface area contributed by atoms with E-state index in [0.29, 0.717) is 6.42 Å². The molecular formula is C11H13N3O4S. The van der Waals surface area contributed by atoms with Crippen LogP contribution in [0.3, 0.4) is 0 Å². The lowest BCUT2D eigenvalue weighted by Crippen LogP contribution is -2.46. The largest absolute Gasteiger partial charge is 0.336 e. The number of amides is 1. The van der Waals surface area contributed by atoms with Crippen LogP contribution in [0.1, 0.15) is 6.42 Å². The van der Waals surface area contributed by atoms with Gasteiger partial charge in [0.25, 0.3) is 5.56 Å². The fourth-order valence-corrected chi connectivity index (χ4v) is 4.75. The van der Waals surface area contributed by atoms with Crippen molar-refractivity contribution in [1.82, 2.24) is 14.7 Å². The molecule has 0 aromatic carbocycles. The number of fused-ring (bicyclic) bond motifs is 2. The number of rotatable bonds is 2. The fraction of sp³-hybridized carbons (Fsp3) is 0.545. The number of carbonyl (C=O) groups excluding carboxylic acids is 1. The quantitative estimate of drug-likeness (QED) is 0.669. The summed E-state index contributed by atoms with van der Waals surface area (Å²) < 4.78 is 24.3. The van der Waals surface area contributed by atoms with Gasteiger partial charge in [0.1, 0.15) is 6.54 Å². The number of nitrogens with zero attached hydrogens (tertiary/aromatic N) is 3. The molecule has 2 atom stereocenters. The van der Waals surface area contributed by atoms with Crippen LogP contribution < -0.4 is 5.56 Å². The summed E-state index contributed by atoms with van der Waals surface area (Å²) in [5.41, 5.74) is -0.340. The Labute approximate surface area is 109 Å². The van der Waals surface area contributed by atoms with Crippen LogP contribution in [0, 0.1) is 0 Å². The topological polar surface area (TPSA) is 89.3 Å². The van der Waals surface area contributed by atoms with Crippen LogP contribution in [0.15, 0.2) is 23.1 Å². The summed E-state index contributed by atoms with van der Waals surface area (Å²) >= 11 is 0. The molecule has 2 aliphatic heterocycles. The van der Waals surface area contributed by atoms with Crippen molar-refractivity contribution < 1.29 is 13.2 Å². The molecule has 2 saturated heterocycles. The Balaban J connectivity index is 1.74. The molecule has 3 rings (SSSR count). The lowest BCUT2D eigenvalue weighted by Gasteiger charge is -2.26. The maximum absolute atomic E-state index is 12.1. The first-order valence-electron chi connectivity index (χ1n) is 6.00. The number of carbonyl (C=O) groups is 1. The molecule has 102 valence electrons. The zero-order chi connectivity index (χ0) is 13.6. The molecule has 19 heavy (non-hydrogen) atoms. The Morgan fingerprint density at radius 1 is 1.47 bits per heavy atom. The van der Waals surface area contributed by atoms with Crippen molar-refractivity contribution in [2.75, 3.05) is 12.3 Å². The first kappa shape index (κ1) is 12.3. The highest BCUT2D eigenvalue weighted by molar-refractivity contribution is 7.92. The predicted molar refractivity (Wildman–Crippen MR) is 66.2 cm³/mol. The summed E-state index contributed by atoms with van der Waals surface area (Å²) in [6.07, 6.45) is 1.96. The van der Waals surface area contributed by atoms with Crippen LogP contribution in [0.25, 0.3) is 0 Å². The first-order valence-corrected chi connectivity index (χ1v) is 7.72. The highest BCUT2D eigenvalue weighted by Crippen LogP contribution is 2.32. The van der Waals surface area contributed by atoms with Crippen molar-refractivity contribution in [1.29, 1.82) is 0 Å². The molecule has 0 aliphatic carbocycles. The third kappa shape index (κ3) is 2.05. The van der Waals surface area contributed by atoms with E-state index in [-0.39, 0.29) is 36.4 Å². The minimum atomic E-state index is -3.01. The van der Waals surface area contributed by atoms with Crippen LogP contribution in [0.4, 0.5) is 0 Å². The van der Waals surface area contributed by atoms with Crippen molar-refractivity contribution in [3.8, 4) is 0 Å². The highest BCUT2D eigenvalue weighted by atomic mass is 32.2. The Bertz CT molecular complexity index is 681. The van der Waals surface area contributed by atoms with E-state index in [2.05, 4.69) is 5.10 Å². The van der Waals surface area contributed by atoms with E-state index in [1.807, 2.05) is 0 Å². The smallest absolute Gasteiger partial charge is 0.267 e. The van der Waals surface area contributed by atoms with E-state index in [1.165, 1.54) is 18.3 Å². The maximum atomic E-state index is 12.1. The summed E-state index contributed by atoms with van der Waals surface area (Å²) in [6.45, 7) is 0.107. The van der Waals surface area contributed by atoms with Crippen LogP contribution in [0.2, 0.25) is 0 Å². The summed E-state index contributed by atoms with van der Waals surface area (Å²) in [6, 6.07) is 2.61. The van der Waals surface area contributed by atoms with Gasteiger partial charge in [-0.1, -0.05) is 0 Å². The number of aromatic nitrogens is 2. The SMILES string of the molecule is O=C(Cn1ncccc1=O)N1CC2CC1CS2(=O)=O. The van der Waals surface area contributed by atoms with Crippen LogP contribution in [0.5, 0.6) is 0 Å². The van der Waals surface area contributed by atoms with Crippen LogP contribution >= 0.6 is 0 Å². The summed E-state index contributed by atoms with van der Waals surface area (Å²) in [5, 5.41) is 3.39. The molecule has 1 aromatic rings. The van der Waals surface area contributed by atoms with Gasteiger partial charge in [0.05, 0.1) is 11.0 Å². The van der Waals surface area contributed by atoms with Gasteiger partial charge in [0.2, 0.25) is 5.91 Å². The molecule has 0 spiro atoms. The predicted octanol–water partition coefficient (Wildman–Crippen LogP) is -1.36. The minimum Gasteiger partial charge on any atom is -0.336 e. The van der Waals surface area contributed by atoms with Crippen molar-refractivity contribution in [3.63, 3.8) is 0 Å². The molecule has 1 aromatic heterocycles. The molecule has 7 nitrogen and oxygen atoms in total. The standard InChI is InChI=1S/C11H13N3O4S/c15-10-2-1-3-12-14(10)6-11(16)13-5-9-4-8(13)7-19(9,17)18/h1-3,8-9H,4-7H2. The summed E-state index contributed by atoms with van der Waals surface area (Å²) in [5.74, 6) is -0.205. The molecule has 2 fully saturated rings. The molecule has 0 N–H and O–H groups in total. The number of likely N-dealkylation sites (tertiary alicyclic amines) is 1. The van der Waals surface area contributed by atoms with E-state index in [4.69, 9.17) is 0 Å². The monoisotopic (exact) mass is 283 g/mol. The average Bonchev–Trinajstić information content (AvgIpc) is 2.87. The van der Waals surface area contributed by atoms with Gasteiger partial charge in [-0.3, -0.25) is 9.59 Å². The normalized spacial score (nSPS) is 27.7. The van der Waals surface area contributed by atoms with Gasteiger partial charge >= 0.3 is 0 Å². The third-order valence-corrected chi connectivity index (χ3v) is 5.91. The zero-order valence-electron chi connectivity index (χ0n) is 10.1. The molecule has 1 amide bonds. The fourth-order valence-electron chi connectivity index (χ4n) is 2.73. The van der Waals surface area contributed by atoms with Crippen LogP contribution in [-0.4, -0.2) is 52.6 Å². The Hall–Kier alpha value is -1.70. The Morgan fingerprint density at radius 2 is 2.26 bits per heavy atom. The van der Waals surface area contributed by atoms with Gasteiger partial charge in [-0.05, 0) is 12.5 Å². The molecule has 3 heterocycles. The molecule has 2 aliphatic rings. The van der Waals surface area contributed by atoms with Gasteiger partial charge < -0.3 is 4.90 Å². The Morgan fingerprint density at radius 3 is 2.84 bits per heavy atom. The van der Waals surface area contributed by atoms with Gasteiger partial charge in [-0.25, -0.2) is 13.1 Å². The van der Waals surface area contributed by atoms with E-state index < -0.39 is 15.1 Å². The van der Waals surface area contributed by atoms with Gasteiger partial charge in [-0.15, -0.1) is 0 Å². The van der Waals surface area contributed by atoms with Gasteiger partial charge in [-0.2, -0.15) is 5.10 Å². The van der Waals surface area contributed by atoms with Crippen molar-refractivity contribution >= 4 is 15.7 Å². The zero-order valence-corrected chi connectivity index (χ0v) is 10.9. The minimum absolute atomic E-state index is 0.0422. The highest BCUT2D eigenvalue weighted by Gasteiger charge is 2.49. The second-order valence-electron chi connectivity index (χ2n) is 4.91. The summed E-state index contributed by atoms with van der Waals surface area (Å²) in [7, 11) is -3.01. The van der Waals surface area contributed by atoms with E-state index in [0.717, 1.165) is 4.68 Å². The van der Waals surface area contributed by atoms with Crippen LogP contribution in [-0.2, 0) is 21.2 Å². The van der Waals surface area contributed by atoms with Gasteiger partial charge in [0, 0.05) is 24.8 Å². The molecule has 0 saturated carbocycles. The summed E-state index contributed by atoms with van der Waals surface area (Å²) in [4.78, 5) is 25.1. The number of hydrogen-bond acceptors (Lipinski definition) is 5. The van der Waals surface area contributed by atoms with E-state index >= 15 is 0 Å². The second-order valence-corrected chi connectivity index (χ2v) is 7.23. The van der Waals surface area contributed by atoms with E-state index in [1.54, 1.807) is 4.90 Å². The lowest BCUT2D eigenvalue weighted by atomic mass is 10.2. The Kier molecular flexibility index (Phi) is 2.70. The number of sulfone groups is 1. The molecule has 8 heteroatoms. The lowest BCUT2D eigenvalue weighted by molar-refractivity contribution is -0.132. The molecule has 2 bridgehead atoms. The van der Waals surface area contributed by atoms with Crippen molar-refractivity contribution in [2.24, 2.45) is 0 Å². The molecule has 0 radical (unpaired) electrons. The average molecular weight is 283 g/mol. The first-order chi connectivity index (χ1) is 8.97. The van der Waals surface area contributed by atoms with Crippen molar-refractivity contribution in [3.05, 3.63) is 28.7 Å².